The first kappa shape index (κ1) is 15.3. The Morgan fingerprint density at radius 1 is 1.09 bits per heavy atom. The molecule has 0 spiro atoms. The van der Waals surface area contributed by atoms with E-state index in [0.717, 1.165) is 5.56 Å². The summed E-state index contributed by atoms with van der Waals surface area (Å²) in [6, 6.07) is 12.8. The number of ether oxygens (including phenoxy) is 1. The second-order valence-corrected chi connectivity index (χ2v) is 4.50. The van der Waals surface area contributed by atoms with Crippen LogP contribution in [-0.4, -0.2) is 28.6 Å². The molecule has 0 unspecified atom stereocenters. The van der Waals surface area contributed by atoms with Gasteiger partial charge >= 0.3 is 5.97 Å². The average Bonchev–Trinajstić information content (AvgIpc) is 2.51. The number of carbonyl (C=O) groups excluding carboxylic acids is 1. The molecule has 22 heavy (non-hydrogen) atoms. The van der Waals surface area contributed by atoms with Crippen molar-refractivity contribution >= 4 is 17.8 Å². The first-order valence-electron chi connectivity index (χ1n) is 6.51. The van der Waals surface area contributed by atoms with E-state index in [9.17, 15) is 14.7 Å². The maximum atomic E-state index is 12.0. The molecule has 112 valence electrons. The lowest BCUT2D eigenvalue weighted by molar-refractivity contribution is -0.139. The Hall–Kier alpha value is -3.08. The molecule has 0 aromatic heterocycles. The van der Waals surface area contributed by atoms with Crippen molar-refractivity contribution in [3.8, 4) is 11.5 Å². The van der Waals surface area contributed by atoms with Gasteiger partial charge in [-0.1, -0.05) is 18.2 Å². The quantitative estimate of drug-likeness (QED) is 0.633. The highest BCUT2D eigenvalue weighted by atomic mass is 16.5. The normalized spacial score (nSPS) is 10.5. The number of ketones is 1. The molecule has 0 bridgehead atoms. The van der Waals surface area contributed by atoms with Crippen molar-refractivity contribution in [3.05, 3.63) is 65.7 Å². The molecule has 0 saturated heterocycles. The predicted molar refractivity (Wildman–Crippen MR) is 81.0 cm³/mol. The maximum Gasteiger partial charge on any atom is 0.341 e. The van der Waals surface area contributed by atoms with Crippen LogP contribution in [0.15, 0.2) is 54.6 Å². The third-order valence-corrected chi connectivity index (χ3v) is 2.80. The number of rotatable bonds is 6. The number of allylic oxidation sites excluding steroid dienone is 1. The number of carbonyl (C=O) groups is 2. The summed E-state index contributed by atoms with van der Waals surface area (Å²) in [6.07, 6.45) is 3.01. The Kier molecular flexibility index (Phi) is 4.93. The summed E-state index contributed by atoms with van der Waals surface area (Å²) in [5, 5.41) is 17.9. The van der Waals surface area contributed by atoms with E-state index in [1.807, 2.05) is 0 Å². The molecule has 0 aliphatic carbocycles. The van der Waals surface area contributed by atoms with Crippen molar-refractivity contribution in [3.63, 3.8) is 0 Å². The zero-order valence-electron chi connectivity index (χ0n) is 11.6. The highest BCUT2D eigenvalue weighted by molar-refractivity contribution is 6.06. The number of carboxylic acids is 1. The first-order chi connectivity index (χ1) is 10.5. The zero-order valence-corrected chi connectivity index (χ0v) is 11.6. The molecule has 5 nitrogen and oxygen atoms in total. The van der Waals surface area contributed by atoms with E-state index in [1.165, 1.54) is 6.08 Å². The van der Waals surface area contributed by atoms with Gasteiger partial charge in [0.15, 0.2) is 12.4 Å². The van der Waals surface area contributed by atoms with Crippen LogP contribution in [0.3, 0.4) is 0 Å². The fraction of sp³-hybridized carbons (Fsp3) is 0.0588. The van der Waals surface area contributed by atoms with Gasteiger partial charge in [0.2, 0.25) is 0 Å². The minimum Gasteiger partial charge on any atom is -0.508 e. The fourth-order valence-corrected chi connectivity index (χ4v) is 1.76. The van der Waals surface area contributed by atoms with Crippen molar-refractivity contribution in [1.82, 2.24) is 0 Å². The minimum atomic E-state index is -1.06. The number of carboxylic acid groups (broad SMARTS) is 1. The van der Waals surface area contributed by atoms with Crippen LogP contribution in [0.4, 0.5) is 0 Å². The Labute approximate surface area is 127 Å². The summed E-state index contributed by atoms with van der Waals surface area (Å²) < 4.78 is 4.99. The SMILES string of the molecule is O=C(O)COc1ccc(C(=O)/C=C/c2cccc(O)c2)cc1. The van der Waals surface area contributed by atoms with Crippen LogP contribution in [-0.2, 0) is 4.79 Å². The van der Waals surface area contributed by atoms with Gasteiger partial charge in [-0.15, -0.1) is 0 Å². The number of hydrogen-bond acceptors (Lipinski definition) is 4. The van der Waals surface area contributed by atoms with Gasteiger partial charge in [0.05, 0.1) is 0 Å². The van der Waals surface area contributed by atoms with Crippen LogP contribution in [0.25, 0.3) is 6.08 Å². The molecule has 2 aromatic rings. The molecule has 0 aliphatic rings. The van der Waals surface area contributed by atoms with E-state index in [4.69, 9.17) is 9.84 Å². The third-order valence-electron chi connectivity index (χ3n) is 2.80. The maximum absolute atomic E-state index is 12.0. The predicted octanol–water partition coefficient (Wildman–Crippen LogP) is 2.75. The molecule has 2 aromatic carbocycles. The van der Waals surface area contributed by atoms with E-state index in [0.29, 0.717) is 11.3 Å². The molecular formula is C17H14O5. The molecule has 0 saturated carbocycles. The zero-order chi connectivity index (χ0) is 15.9. The van der Waals surface area contributed by atoms with Gasteiger partial charge in [-0.25, -0.2) is 4.79 Å². The van der Waals surface area contributed by atoms with Crippen LogP contribution in [0.1, 0.15) is 15.9 Å². The van der Waals surface area contributed by atoms with E-state index in [2.05, 4.69) is 0 Å². The van der Waals surface area contributed by atoms with Crippen LogP contribution in [0.5, 0.6) is 11.5 Å². The smallest absolute Gasteiger partial charge is 0.341 e. The Morgan fingerprint density at radius 2 is 1.82 bits per heavy atom. The van der Waals surface area contributed by atoms with Gasteiger partial charge < -0.3 is 14.9 Å². The second-order valence-electron chi connectivity index (χ2n) is 4.50. The van der Waals surface area contributed by atoms with Gasteiger partial charge in [-0.2, -0.15) is 0 Å². The van der Waals surface area contributed by atoms with Crippen molar-refractivity contribution in [2.24, 2.45) is 0 Å². The largest absolute Gasteiger partial charge is 0.508 e. The summed E-state index contributed by atoms with van der Waals surface area (Å²) in [5.41, 5.74) is 1.17. The van der Waals surface area contributed by atoms with Gasteiger partial charge in [-0.05, 0) is 48.0 Å². The van der Waals surface area contributed by atoms with E-state index in [-0.39, 0.29) is 11.5 Å². The van der Waals surface area contributed by atoms with Crippen LogP contribution < -0.4 is 4.74 Å². The number of aliphatic carboxylic acids is 1. The summed E-state index contributed by atoms with van der Waals surface area (Å²) in [4.78, 5) is 22.4. The highest BCUT2D eigenvalue weighted by Gasteiger charge is 2.03. The Morgan fingerprint density at radius 3 is 2.45 bits per heavy atom. The van der Waals surface area contributed by atoms with Crippen molar-refractivity contribution in [1.29, 1.82) is 0 Å². The number of aromatic hydroxyl groups is 1. The lowest BCUT2D eigenvalue weighted by atomic mass is 10.1. The van der Waals surface area contributed by atoms with Crippen molar-refractivity contribution in [2.45, 2.75) is 0 Å². The summed E-state index contributed by atoms with van der Waals surface area (Å²) in [5.74, 6) is -0.743. The summed E-state index contributed by atoms with van der Waals surface area (Å²) >= 11 is 0. The monoisotopic (exact) mass is 298 g/mol. The molecule has 0 heterocycles. The molecule has 2 rings (SSSR count). The van der Waals surface area contributed by atoms with Gasteiger partial charge in [0.1, 0.15) is 11.5 Å². The number of hydrogen-bond donors (Lipinski definition) is 2. The molecule has 0 amide bonds. The Balaban J connectivity index is 2.02. The molecule has 0 fully saturated rings. The molecule has 0 radical (unpaired) electrons. The summed E-state index contributed by atoms with van der Waals surface area (Å²) in [7, 11) is 0. The van der Waals surface area contributed by atoms with Crippen LogP contribution >= 0.6 is 0 Å². The third kappa shape index (κ3) is 4.49. The van der Waals surface area contributed by atoms with E-state index < -0.39 is 12.6 Å². The van der Waals surface area contributed by atoms with Crippen LogP contribution in [0.2, 0.25) is 0 Å². The number of phenols is 1. The highest BCUT2D eigenvalue weighted by Crippen LogP contribution is 2.15. The fourth-order valence-electron chi connectivity index (χ4n) is 1.76. The van der Waals surface area contributed by atoms with E-state index in [1.54, 1.807) is 54.6 Å². The van der Waals surface area contributed by atoms with E-state index >= 15 is 0 Å². The molecule has 2 N–H and O–H groups in total. The Bertz CT molecular complexity index is 701. The topological polar surface area (TPSA) is 83.8 Å². The molecule has 0 atom stereocenters. The molecular weight excluding hydrogens is 284 g/mol. The lowest BCUT2D eigenvalue weighted by Crippen LogP contribution is -2.09. The van der Waals surface area contributed by atoms with Crippen molar-refractivity contribution in [2.75, 3.05) is 6.61 Å². The minimum absolute atomic E-state index is 0.134. The number of benzene rings is 2. The summed E-state index contributed by atoms with van der Waals surface area (Å²) in [6.45, 7) is -0.426. The van der Waals surface area contributed by atoms with Gasteiger partial charge in [0, 0.05) is 5.56 Å². The molecule has 0 aliphatic heterocycles. The molecule has 5 heteroatoms. The van der Waals surface area contributed by atoms with Crippen molar-refractivity contribution < 1.29 is 24.5 Å². The average molecular weight is 298 g/mol. The van der Waals surface area contributed by atoms with Gasteiger partial charge in [-0.3, -0.25) is 4.79 Å². The lowest BCUT2D eigenvalue weighted by Gasteiger charge is -2.03. The van der Waals surface area contributed by atoms with Crippen LogP contribution in [0, 0.1) is 0 Å². The standard InChI is InChI=1S/C17H14O5/c18-14-3-1-2-12(10-14)4-9-16(19)13-5-7-15(8-6-13)22-11-17(20)21/h1-10,18H,11H2,(H,20,21)/b9-4+. The van der Waals surface area contributed by atoms with Gasteiger partial charge in [0.25, 0.3) is 0 Å². The number of phenolic OH excluding ortho intramolecular Hbond substituents is 1. The first-order valence-corrected chi connectivity index (χ1v) is 6.51. The second kappa shape index (κ2) is 7.08.